The first-order valence-corrected chi connectivity index (χ1v) is 8.83. The molecule has 98 valence electrons. The Morgan fingerprint density at radius 3 is 2.78 bits per heavy atom. The molecule has 3 rings (SSSR count). The molecular formula is C13H15Br2NOS. The fourth-order valence-corrected chi connectivity index (χ4v) is 6.12. The summed E-state index contributed by atoms with van der Waals surface area (Å²) in [7, 11) is 0. The van der Waals surface area contributed by atoms with Crippen LogP contribution >= 0.6 is 43.2 Å². The molecule has 0 bridgehead atoms. The molecule has 0 spiro atoms. The van der Waals surface area contributed by atoms with E-state index in [1.807, 2.05) is 6.07 Å². The van der Waals surface area contributed by atoms with Crippen LogP contribution in [0.5, 0.6) is 0 Å². The van der Waals surface area contributed by atoms with Crippen molar-refractivity contribution < 1.29 is 4.79 Å². The molecule has 1 aromatic heterocycles. The van der Waals surface area contributed by atoms with Crippen LogP contribution in [0.25, 0.3) is 0 Å². The molecule has 1 saturated heterocycles. The standard InChI is InChI=1S/C13H15Br2NOS/c14-11-7-9(12(15)18-11)13(17)16-6-2-4-8-3-1-5-10(8)16/h7-8,10H,1-6H2. The SMILES string of the molecule is O=C(c1cc(Br)sc1Br)N1CCCC2CCCC21. The summed E-state index contributed by atoms with van der Waals surface area (Å²) in [5.74, 6) is 0.962. The molecule has 2 heterocycles. The molecule has 1 aliphatic heterocycles. The minimum absolute atomic E-state index is 0.209. The molecule has 2 fully saturated rings. The second kappa shape index (κ2) is 5.25. The van der Waals surface area contributed by atoms with Crippen LogP contribution in [-0.2, 0) is 0 Å². The van der Waals surface area contributed by atoms with E-state index in [9.17, 15) is 4.79 Å². The minimum Gasteiger partial charge on any atom is -0.335 e. The Bertz CT molecular complexity index is 474. The molecule has 1 saturated carbocycles. The van der Waals surface area contributed by atoms with Crippen molar-refractivity contribution in [3.05, 3.63) is 19.2 Å². The van der Waals surface area contributed by atoms with E-state index in [0.29, 0.717) is 6.04 Å². The van der Waals surface area contributed by atoms with E-state index < -0.39 is 0 Å². The smallest absolute Gasteiger partial charge is 0.256 e. The van der Waals surface area contributed by atoms with E-state index >= 15 is 0 Å². The summed E-state index contributed by atoms with van der Waals surface area (Å²) in [6.07, 6.45) is 6.26. The topological polar surface area (TPSA) is 20.3 Å². The number of hydrogen-bond acceptors (Lipinski definition) is 2. The first-order chi connectivity index (χ1) is 8.66. The average molecular weight is 393 g/mol. The lowest BCUT2D eigenvalue weighted by molar-refractivity contribution is 0.0548. The summed E-state index contributed by atoms with van der Waals surface area (Å²) < 4.78 is 1.96. The van der Waals surface area contributed by atoms with E-state index in [1.165, 1.54) is 25.7 Å². The van der Waals surface area contributed by atoms with Crippen molar-refractivity contribution in [2.75, 3.05) is 6.54 Å². The first kappa shape index (κ1) is 13.1. The van der Waals surface area contributed by atoms with Gasteiger partial charge in [-0.2, -0.15) is 0 Å². The fraction of sp³-hybridized carbons (Fsp3) is 0.615. The van der Waals surface area contributed by atoms with Crippen LogP contribution in [0.4, 0.5) is 0 Å². The van der Waals surface area contributed by atoms with Gasteiger partial charge in [-0.05, 0) is 69.5 Å². The van der Waals surface area contributed by atoms with Crippen LogP contribution in [0.3, 0.4) is 0 Å². The highest BCUT2D eigenvalue weighted by molar-refractivity contribution is 9.12. The third-order valence-corrected chi connectivity index (χ3v) is 6.48. The molecule has 0 radical (unpaired) electrons. The zero-order chi connectivity index (χ0) is 12.7. The largest absolute Gasteiger partial charge is 0.335 e. The third kappa shape index (κ3) is 2.29. The first-order valence-electron chi connectivity index (χ1n) is 6.42. The Balaban J connectivity index is 1.85. The van der Waals surface area contributed by atoms with Gasteiger partial charge in [-0.15, -0.1) is 11.3 Å². The molecule has 2 aliphatic rings. The van der Waals surface area contributed by atoms with Gasteiger partial charge >= 0.3 is 0 Å². The van der Waals surface area contributed by atoms with Gasteiger partial charge in [0.15, 0.2) is 0 Å². The highest BCUT2D eigenvalue weighted by Gasteiger charge is 2.38. The third-order valence-electron chi connectivity index (χ3n) is 4.14. The molecule has 0 aromatic carbocycles. The Kier molecular flexibility index (Phi) is 3.83. The number of likely N-dealkylation sites (tertiary alicyclic amines) is 1. The number of rotatable bonds is 1. The number of hydrogen-bond donors (Lipinski definition) is 0. The minimum atomic E-state index is 0.209. The fourth-order valence-electron chi connectivity index (χ4n) is 3.35. The average Bonchev–Trinajstić information content (AvgIpc) is 2.94. The van der Waals surface area contributed by atoms with Gasteiger partial charge in [0.1, 0.15) is 0 Å². The highest BCUT2D eigenvalue weighted by atomic mass is 79.9. The second-order valence-electron chi connectivity index (χ2n) is 5.14. The summed E-state index contributed by atoms with van der Waals surface area (Å²) in [5.41, 5.74) is 0.819. The maximum absolute atomic E-state index is 12.7. The van der Waals surface area contributed by atoms with Crippen molar-refractivity contribution in [1.82, 2.24) is 4.90 Å². The van der Waals surface area contributed by atoms with Gasteiger partial charge in [0, 0.05) is 12.6 Å². The zero-order valence-electron chi connectivity index (χ0n) is 9.99. The van der Waals surface area contributed by atoms with Gasteiger partial charge < -0.3 is 4.90 Å². The lowest BCUT2D eigenvalue weighted by Crippen LogP contribution is -2.46. The van der Waals surface area contributed by atoms with Crippen molar-refractivity contribution >= 4 is 49.1 Å². The molecule has 2 atom stereocenters. The van der Waals surface area contributed by atoms with Crippen molar-refractivity contribution in [3.8, 4) is 0 Å². The van der Waals surface area contributed by atoms with Crippen LogP contribution in [0.15, 0.2) is 13.6 Å². The van der Waals surface area contributed by atoms with Crippen molar-refractivity contribution in [2.45, 2.75) is 38.1 Å². The van der Waals surface area contributed by atoms with Gasteiger partial charge in [0.05, 0.1) is 13.1 Å². The quantitative estimate of drug-likeness (QED) is 0.679. The number of halogens is 2. The van der Waals surface area contributed by atoms with Crippen molar-refractivity contribution in [2.24, 2.45) is 5.92 Å². The summed E-state index contributed by atoms with van der Waals surface area (Å²) >= 11 is 8.52. The van der Waals surface area contributed by atoms with Crippen LogP contribution in [0.1, 0.15) is 42.5 Å². The number of nitrogens with zero attached hydrogens (tertiary/aromatic N) is 1. The van der Waals surface area contributed by atoms with Crippen LogP contribution in [0.2, 0.25) is 0 Å². The summed E-state index contributed by atoms with van der Waals surface area (Å²) in [6.45, 7) is 0.930. The van der Waals surface area contributed by atoms with Gasteiger partial charge in [-0.1, -0.05) is 6.42 Å². The Hall–Kier alpha value is 0.130. The normalized spacial score (nSPS) is 27.3. The van der Waals surface area contributed by atoms with Crippen LogP contribution in [0, 0.1) is 5.92 Å². The molecule has 0 N–H and O–H groups in total. The number of carbonyl (C=O) groups is 1. The van der Waals surface area contributed by atoms with E-state index in [1.54, 1.807) is 11.3 Å². The molecule has 1 aromatic rings. The number of carbonyl (C=O) groups excluding carboxylic acids is 1. The maximum atomic E-state index is 12.7. The summed E-state index contributed by atoms with van der Waals surface area (Å²) in [5, 5.41) is 0. The van der Waals surface area contributed by atoms with E-state index in [0.717, 1.165) is 32.0 Å². The molecular weight excluding hydrogens is 378 g/mol. The molecule has 1 amide bonds. The lowest BCUT2D eigenvalue weighted by atomic mass is 9.91. The number of thiophene rings is 1. The van der Waals surface area contributed by atoms with Gasteiger partial charge in [-0.25, -0.2) is 0 Å². The van der Waals surface area contributed by atoms with Gasteiger partial charge in [-0.3, -0.25) is 4.79 Å². The monoisotopic (exact) mass is 391 g/mol. The van der Waals surface area contributed by atoms with Crippen molar-refractivity contribution in [1.29, 1.82) is 0 Å². The molecule has 2 unspecified atom stereocenters. The Labute approximate surface area is 128 Å². The van der Waals surface area contributed by atoms with Crippen LogP contribution < -0.4 is 0 Å². The molecule has 5 heteroatoms. The second-order valence-corrected chi connectivity index (χ2v) is 8.89. The van der Waals surface area contributed by atoms with Crippen LogP contribution in [-0.4, -0.2) is 23.4 Å². The predicted molar refractivity (Wildman–Crippen MR) is 81.1 cm³/mol. The number of amides is 1. The zero-order valence-corrected chi connectivity index (χ0v) is 14.0. The molecule has 2 nitrogen and oxygen atoms in total. The Morgan fingerprint density at radius 1 is 1.28 bits per heavy atom. The predicted octanol–water partition coefficient (Wildman–Crippen LogP) is 4.68. The lowest BCUT2D eigenvalue weighted by Gasteiger charge is -2.37. The number of piperidine rings is 1. The van der Waals surface area contributed by atoms with Gasteiger partial charge in [0.25, 0.3) is 5.91 Å². The summed E-state index contributed by atoms with van der Waals surface area (Å²) in [6, 6.07) is 2.44. The van der Waals surface area contributed by atoms with Gasteiger partial charge in [0.2, 0.25) is 0 Å². The van der Waals surface area contributed by atoms with E-state index in [2.05, 4.69) is 36.8 Å². The molecule has 1 aliphatic carbocycles. The molecule has 18 heavy (non-hydrogen) atoms. The van der Waals surface area contributed by atoms with Crippen molar-refractivity contribution in [3.63, 3.8) is 0 Å². The van der Waals surface area contributed by atoms with E-state index in [-0.39, 0.29) is 5.91 Å². The summed E-state index contributed by atoms with van der Waals surface area (Å²) in [4.78, 5) is 14.8. The highest BCUT2D eigenvalue weighted by Crippen LogP contribution is 2.39. The maximum Gasteiger partial charge on any atom is 0.256 e. The number of fused-ring (bicyclic) bond motifs is 1. The Morgan fingerprint density at radius 2 is 2.06 bits per heavy atom. The van der Waals surface area contributed by atoms with E-state index in [4.69, 9.17) is 0 Å².